The number of carbonyl (C=O) groups excluding carboxylic acids is 1. The summed E-state index contributed by atoms with van der Waals surface area (Å²) < 4.78 is 0. The molecule has 1 amide bonds. The second-order valence-corrected chi connectivity index (χ2v) is 6.07. The summed E-state index contributed by atoms with van der Waals surface area (Å²) in [6.45, 7) is 9.35. The van der Waals surface area contributed by atoms with Crippen LogP contribution in [-0.4, -0.2) is 36.5 Å². The molecule has 1 aliphatic carbocycles. The van der Waals surface area contributed by atoms with Crippen LogP contribution in [0.5, 0.6) is 0 Å². The summed E-state index contributed by atoms with van der Waals surface area (Å²) in [5.74, 6) is 0.661. The lowest BCUT2D eigenvalue weighted by molar-refractivity contribution is -0.139. The average Bonchev–Trinajstić information content (AvgIpc) is 2.57. The minimum absolute atomic E-state index is 0.213. The smallest absolute Gasteiger partial charge is 0.226 e. The largest absolute Gasteiger partial charge is 0.340 e. The number of piperazine rings is 1. The zero-order valence-corrected chi connectivity index (χ0v) is 10.8. The molecule has 16 heavy (non-hydrogen) atoms. The van der Waals surface area contributed by atoms with E-state index in [9.17, 15) is 4.79 Å². The van der Waals surface area contributed by atoms with Crippen molar-refractivity contribution in [1.82, 2.24) is 10.2 Å². The van der Waals surface area contributed by atoms with Crippen molar-refractivity contribution in [2.45, 2.75) is 46.1 Å². The van der Waals surface area contributed by atoms with Gasteiger partial charge in [0.1, 0.15) is 0 Å². The van der Waals surface area contributed by atoms with E-state index in [0.29, 0.717) is 11.9 Å². The van der Waals surface area contributed by atoms with Crippen molar-refractivity contribution in [2.24, 2.45) is 11.3 Å². The van der Waals surface area contributed by atoms with E-state index in [4.69, 9.17) is 0 Å². The number of hydrogen-bond acceptors (Lipinski definition) is 2. The van der Waals surface area contributed by atoms with E-state index in [-0.39, 0.29) is 11.3 Å². The molecule has 3 nitrogen and oxygen atoms in total. The van der Waals surface area contributed by atoms with E-state index < -0.39 is 0 Å². The quantitative estimate of drug-likeness (QED) is 0.734. The topological polar surface area (TPSA) is 32.3 Å². The van der Waals surface area contributed by atoms with Gasteiger partial charge in [-0.05, 0) is 25.2 Å². The van der Waals surface area contributed by atoms with Crippen LogP contribution in [0, 0.1) is 11.3 Å². The fourth-order valence-corrected chi connectivity index (χ4v) is 3.14. The van der Waals surface area contributed by atoms with Gasteiger partial charge in [0.15, 0.2) is 0 Å². The molecular formula is C13H24N2O. The van der Waals surface area contributed by atoms with Crippen LogP contribution in [0.15, 0.2) is 0 Å². The van der Waals surface area contributed by atoms with Gasteiger partial charge in [-0.1, -0.05) is 20.3 Å². The summed E-state index contributed by atoms with van der Waals surface area (Å²) in [7, 11) is 0. The second kappa shape index (κ2) is 4.36. The summed E-state index contributed by atoms with van der Waals surface area (Å²) in [4.78, 5) is 14.5. The maximum Gasteiger partial charge on any atom is 0.226 e. The first-order valence-corrected chi connectivity index (χ1v) is 6.53. The molecule has 0 bridgehead atoms. The van der Waals surface area contributed by atoms with Crippen molar-refractivity contribution < 1.29 is 4.79 Å². The fraction of sp³-hybridized carbons (Fsp3) is 0.923. The van der Waals surface area contributed by atoms with Gasteiger partial charge in [-0.3, -0.25) is 4.79 Å². The highest BCUT2D eigenvalue weighted by molar-refractivity contribution is 5.80. The predicted octanol–water partition coefficient (Wildman–Crippen LogP) is 1.63. The van der Waals surface area contributed by atoms with Gasteiger partial charge < -0.3 is 10.2 Å². The molecule has 0 aromatic rings. The van der Waals surface area contributed by atoms with Crippen LogP contribution in [0.25, 0.3) is 0 Å². The molecule has 2 fully saturated rings. The van der Waals surface area contributed by atoms with Crippen LogP contribution in [0.3, 0.4) is 0 Å². The van der Waals surface area contributed by atoms with E-state index in [0.717, 1.165) is 26.1 Å². The van der Waals surface area contributed by atoms with E-state index in [1.165, 1.54) is 12.8 Å². The number of hydrogen-bond donors (Lipinski definition) is 1. The van der Waals surface area contributed by atoms with Gasteiger partial charge in [0, 0.05) is 31.6 Å². The van der Waals surface area contributed by atoms with Crippen molar-refractivity contribution in [3.8, 4) is 0 Å². The molecule has 1 unspecified atom stereocenters. The van der Waals surface area contributed by atoms with Crippen molar-refractivity contribution in [2.75, 3.05) is 19.6 Å². The number of nitrogens with zero attached hydrogens (tertiary/aromatic N) is 1. The average molecular weight is 224 g/mol. The van der Waals surface area contributed by atoms with Crippen LogP contribution in [0.1, 0.15) is 40.0 Å². The highest BCUT2D eigenvalue weighted by Gasteiger charge is 2.41. The highest BCUT2D eigenvalue weighted by atomic mass is 16.2. The van der Waals surface area contributed by atoms with Crippen LogP contribution >= 0.6 is 0 Å². The summed E-state index contributed by atoms with van der Waals surface area (Å²) in [5, 5.41) is 3.38. The maximum absolute atomic E-state index is 12.5. The summed E-state index contributed by atoms with van der Waals surface area (Å²) in [6, 6.07) is 0.446. The first-order valence-electron chi connectivity index (χ1n) is 6.53. The Hall–Kier alpha value is -0.570. The molecule has 3 heteroatoms. The first kappa shape index (κ1) is 11.9. The molecule has 92 valence electrons. The Bertz CT molecular complexity index is 275. The third-order valence-corrected chi connectivity index (χ3v) is 4.24. The molecule has 2 atom stereocenters. The molecule has 0 aromatic heterocycles. The zero-order chi connectivity index (χ0) is 11.8. The van der Waals surface area contributed by atoms with Crippen molar-refractivity contribution in [3.63, 3.8) is 0 Å². The Morgan fingerprint density at radius 1 is 1.44 bits per heavy atom. The summed E-state index contributed by atoms with van der Waals surface area (Å²) in [6.07, 6.45) is 3.50. The van der Waals surface area contributed by atoms with E-state index >= 15 is 0 Å². The Balaban J connectivity index is 2.01. The molecule has 0 radical (unpaired) electrons. The van der Waals surface area contributed by atoms with Gasteiger partial charge in [0.05, 0.1) is 0 Å². The molecule has 2 aliphatic rings. The third-order valence-electron chi connectivity index (χ3n) is 4.24. The Morgan fingerprint density at radius 2 is 2.19 bits per heavy atom. The number of nitrogens with one attached hydrogen (secondary N) is 1. The zero-order valence-electron chi connectivity index (χ0n) is 10.8. The van der Waals surface area contributed by atoms with Crippen molar-refractivity contribution >= 4 is 5.91 Å². The standard InChI is InChI=1S/C13H24N2O/c1-10-9-15(8-7-14-10)12(16)11-5-4-6-13(11,2)3/h10-11,14H,4-9H2,1-3H3/t10-,11?/m1/s1. The van der Waals surface area contributed by atoms with Gasteiger partial charge in [-0.2, -0.15) is 0 Å². The molecule has 1 N–H and O–H groups in total. The lowest BCUT2D eigenvalue weighted by atomic mass is 9.81. The Morgan fingerprint density at radius 3 is 2.75 bits per heavy atom. The van der Waals surface area contributed by atoms with Gasteiger partial charge >= 0.3 is 0 Å². The van der Waals surface area contributed by atoms with Crippen LogP contribution in [-0.2, 0) is 4.79 Å². The SMILES string of the molecule is C[C@@H]1CN(C(=O)C2CCCC2(C)C)CCN1. The Kier molecular flexibility index (Phi) is 3.24. The molecule has 0 aromatic carbocycles. The molecular weight excluding hydrogens is 200 g/mol. The van der Waals surface area contributed by atoms with E-state index in [1.807, 2.05) is 0 Å². The molecule has 1 heterocycles. The lowest BCUT2D eigenvalue weighted by Gasteiger charge is -2.36. The number of amides is 1. The van der Waals surface area contributed by atoms with Crippen molar-refractivity contribution in [1.29, 1.82) is 0 Å². The van der Waals surface area contributed by atoms with E-state index in [1.54, 1.807) is 0 Å². The van der Waals surface area contributed by atoms with Crippen LogP contribution in [0.4, 0.5) is 0 Å². The van der Waals surface area contributed by atoms with Gasteiger partial charge in [0.2, 0.25) is 5.91 Å². The van der Waals surface area contributed by atoms with Crippen molar-refractivity contribution in [3.05, 3.63) is 0 Å². The van der Waals surface area contributed by atoms with Gasteiger partial charge in [-0.15, -0.1) is 0 Å². The first-order chi connectivity index (χ1) is 7.50. The van der Waals surface area contributed by atoms with Gasteiger partial charge in [-0.25, -0.2) is 0 Å². The summed E-state index contributed by atoms with van der Waals surface area (Å²) >= 11 is 0. The Labute approximate surface area is 98.6 Å². The molecule has 1 saturated carbocycles. The second-order valence-electron chi connectivity index (χ2n) is 6.07. The molecule has 0 spiro atoms. The van der Waals surface area contributed by atoms with E-state index in [2.05, 4.69) is 31.0 Å². The molecule has 1 aliphatic heterocycles. The third kappa shape index (κ3) is 2.24. The molecule has 1 saturated heterocycles. The van der Waals surface area contributed by atoms with Crippen LogP contribution in [0.2, 0.25) is 0 Å². The highest BCUT2D eigenvalue weighted by Crippen LogP contribution is 2.43. The van der Waals surface area contributed by atoms with Gasteiger partial charge in [0.25, 0.3) is 0 Å². The maximum atomic E-state index is 12.5. The lowest BCUT2D eigenvalue weighted by Crippen LogP contribution is -2.53. The van der Waals surface area contributed by atoms with Crippen LogP contribution < -0.4 is 5.32 Å². The minimum Gasteiger partial charge on any atom is -0.340 e. The monoisotopic (exact) mass is 224 g/mol. The summed E-state index contributed by atoms with van der Waals surface area (Å²) in [5.41, 5.74) is 0.213. The predicted molar refractivity (Wildman–Crippen MR) is 65.2 cm³/mol. The molecule has 2 rings (SSSR count). The number of rotatable bonds is 1. The normalized spacial score (nSPS) is 34.1. The minimum atomic E-state index is 0.213. The fourth-order valence-electron chi connectivity index (χ4n) is 3.14. The number of carbonyl (C=O) groups is 1.